The lowest BCUT2D eigenvalue weighted by molar-refractivity contribution is 0.0957. The maximum absolute atomic E-state index is 13.8. The van der Waals surface area contributed by atoms with Crippen LogP contribution in [0.5, 0.6) is 0 Å². The van der Waals surface area contributed by atoms with Gasteiger partial charge >= 0.3 is 6.03 Å². The molecule has 1 fully saturated rings. The summed E-state index contributed by atoms with van der Waals surface area (Å²) in [4.78, 5) is 27.9. The molecule has 3 N–H and O–H groups in total. The van der Waals surface area contributed by atoms with Crippen LogP contribution in [0.3, 0.4) is 0 Å². The van der Waals surface area contributed by atoms with Gasteiger partial charge in [0, 0.05) is 45.3 Å². The quantitative estimate of drug-likeness (QED) is 0.415. The molecule has 11 heteroatoms. The zero-order chi connectivity index (χ0) is 26.5. The second-order valence-electron chi connectivity index (χ2n) is 8.89. The van der Waals surface area contributed by atoms with Crippen LogP contribution in [0.15, 0.2) is 48.5 Å². The summed E-state index contributed by atoms with van der Waals surface area (Å²) in [5.74, 6) is -0.563. The van der Waals surface area contributed by atoms with Crippen LogP contribution in [0.1, 0.15) is 27.5 Å². The molecule has 0 saturated carbocycles. The number of carbonyl (C=O) groups excluding carboxylic acids is 2. The molecule has 1 aliphatic rings. The number of nitrogens with zero attached hydrogens (tertiary/aromatic N) is 3. The van der Waals surface area contributed by atoms with Crippen molar-refractivity contribution >= 4 is 29.4 Å². The van der Waals surface area contributed by atoms with Gasteiger partial charge in [-0.1, -0.05) is 35.9 Å². The number of likely N-dealkylation sites (tertiary alicyclic amines) is 1. The number of urea groups is 1. The van der Waals surface area contributed by atoms with Crippen molar-refractivity contribution in [2.45, 2.75) is 18.9 Å². The molecule has 2 atom stereocenters. The number of hydrogen-bond acceptors (Lipinski definition) is 5. The molecular formula is C26H30ClFN6O3. The number of anilines is 1. The number of carbonyl (C=O) groups is 2. The summed E-state index contributed by atoms with van der Waals surface area (Å²) in [6.07, 6.45) is 0. The van der Waals surface area contributed by atoms with E-state index >= 15 is 0 Å². The van der Waals surface area contributed by atoms with Crippen LogP contribution in [0.4, 0.5) is 15.0 Å². The number of methoxy groups -OCH3 is 1. The van der Waals surface area contributed by atoms with Crippen molar-refractivity contribution in [3.63, 3.8) is 0 Å². The van der Waals surface area contributed by atoms with Crippen LogP contribution in [-0.2, 0) is 4.74 Å². The molecular weight excluding hydrogens is 499 g/mol. The van der Waals surface area contributed by atoms with Gasteiger partial charge < -0.3 is 15.4 Å². The van der Waals surface area contributed by atoms with Crippen molar-refractivity contribution in [2.24, 2.45) is 0 Å². The standard InChI is InChI=1S/C26H30ClFN6O3/c1-16-23(25(35)29-2)32-34(18-7-5-4-6-8-18)24(16)31-26(36)30-22-15-33(11-12-37-3)14-19(22)17-9-10-21(28)20(27)13-17/h4-10,13,19,22H,11-12,14-15H2,1-3H3,(H,29,35)(H2,30,31,36)/t19-,22+/m1/s1. The fraction of sp³-hybridized carbons (Fsp3) is 0.346. The molecule has 4 rings (SSSR count). The van der Waals surface area contributed by atoms with Gasteiger partial charge in [0.05, 0.1) is 23.4 Å². The van der Waals surface area contributed by atoms with Crippen LogP contribution in [0.25, 0.3) is 5.69 Å². The third-order valence-corrected chi connectivity index (χ3v) is 6.78. The summed E-state index contributed by atoms with van der Waals surface area (Å²) in [5, 5.41) is 13.0. The molecule has 0 aliphatic carbocycles. The predicted octanol–water partition coefficient (Wildman–Crippen LogP) is 3.57. The highest BCUT2D eigenvalue weighted by atomic mass is 35.5. The van der Waals surface area contributed by atoms with Crippen molar-refractivity contribution in [1.82, 2.24) is 25.3 Å². The summed E-state index contributed by atoms with van der Waals surface area (Å²) < 4.78 is 20.6. The van der Waals surface area contributed by atoms with E-state index in [4.69, 9.17) is 16.3 Å². The zero-order valence-electron chi connectivity index (χ0n) is 20.9. The summed E-state index contributed by atoms with van der Waals surface area (Å²) in [5.41, 5.74) is 2.28. The second kappa shape index (κ2) is 11.7. The third-order valence-electron chi connectivity index (χ3n) is 6.49. The molecule has 2 heterocycles. The molecule has 0 unspecified atom stereocenters. The average molecular weight is 529 g/mol. The van der Waals surface area contributed by atoms with Gasteiger partial charge in [0.2, 0.25) is 0 Å². The highest BCUT2D eigenvalue weighted by molar-refractivity contribution is 6.30. The van der Waals surface area contributed by atoms with Crippen molar-refractivity contribution < 1.29 is 18.7 Å². The summed E-state index contributed by atoms with van der Waals surface area (Å²) in [6, 6.07) is 13.2. The Morgan fingerprint density at radius 3 is 2.62 bits per heavy atom. The van der Waals surface area contributed by atoms with E-state index < -0.39 is 11.8 Å². The molecule has 0 spiro atoms. The molecule has 2 aromatic carbocycles. The van der Waals surface area contributed by atoms with Gasteiger partial charge in [-0.25, -0.2) is 13.9 Å². The maximum atomic E-state index is 13.8. The number of rotatable bonds is 8. The van der Waals surface area contributed by atoms with E-state index in [2.05, 4.69) is 25.9 Å². The zero-order valence-corrected chi connectivity index (χ0v) is 21.7. The topological polar surface area (TPSA) is 101 Å². The van der Waals surface area contributed by atoms with E-state index in [9.17, 15) is 14.0 Å². The Hall–Kier alpha value is -3.47. The molecule has 1 aliphatic heterocycles. The minimum absolute atomic E-state index is 0.0418. The smallest absolute Gasteiger partial charge is 0.320 e. The number of ether oxygens (including phenoxy) is 1. The van der Waals surface area contributed by atoms with Crippen molar-refractivity contribution in [2.75, 3.05) is 45.7 Å². The van der Waals surface area contributed by atoms with Crippen LogP contribution >= 0.6 is 11.6 Å². The molecule has 37 heavy (non-hydrogen) atoms. The highest BCUT2D eigenvalue weighted by Gasteiger charge is 2.35. The third kappa shape index (κ3) is 5.93. The molecule has 9 nitrogen and oxygen atoms in total. The van der Waals surface area contributed by atoms with E-state index in [1.54, 1.807) is 26.2 Å². The summed E-state index contributed by atoms with van der Waals surface area (Å²) in [6.45, 7) is 4.21. The Morgan fingerprint density at radius 1 is 1.19 bits per heavy atom. The molecule has 196 valence electrons. The fourth-order valence-corrected chi connectivity index (χ4v) is 4.75. The van der Waals surface area contributed by atoms with Crippen LogP contribution < -0.4 is 16.0 Å². The fourth-order valence-electron chi connectivity index (χ4n) is 4.56. The largest absolute Gasteiger partial charge is 0.383 e. The van der Waals surface area contributed by atoms with Gasteiger partial charge in [0.1, 0.15) is 11.6 Å². The first-order chi connectivity index (χ1) is 17.8. The Kier molecular flexibility index (Phi) is 8.42. The van der Waals surface area contributed by atoms with E-state index in [0.717, 1.165) is 5.56 Å². The lowest BCUT2D eigenvalue weighted by Crippen LogP contribution is -2.42. The normalized spacial score (nSPS) is 17.5. The van der Waals surface area contributed by atoms with Crippen molar-refractivity contribution in [1.29, 1.82) is 0 Å². The molecule has 3 aromatic rings. The number of aromatic nitrogens is 2. The molecule has 1 aromatic heterocycles. The van der Waals surface area contributed by atoms with Crippen molar-refractivity contribution in [3.8, 4) is 5.69 Å². The average Bonchev–Trinajstić information content (AvgIpc) is 3.45. The van der Waals surface area contributed by atoms with Gasteiger partial charge in [-0.3, -0.25) is 15.0 Å². The second-order valence-corrected chi connectivity index (χ2v) is 9.29. The van der Waals surface area contributed by atoms with E-state index in [0.29, 0.717) is 43.3 Å². The minimum atomic E-state index is -0.488. The first-order valence-corrected chi connectivity index (χ1v) is 12.3. The summed E-state index contributed by atoms with van der Waals surface area (Å²) >= 11 is 6.06. The van der Waals surface area contributed by atoms with Gasteiger partial charge in [0.25, 0.3) is 5.91 Å². The molecule has 1 saturated heterocycles. The first kappa shape index (κ1) is 26.6. The Morgan fingerprint density at radius 2 is 1.95 bits per heavy atom. The Labute approximate surface area is 219 Å². The minimum Gasteiger partial charge on any atom is -0.383 e. The number of hydrogen-bond donors (Lipinski definition) is 3. The van der Waals surface area contributed by atoms with Gasteiger partial charge in [-0.15, -0.1) is 0 Å². The van der Waals surface area contributed by atoms with Crippen LogP contribution in [-0.4, -0.2) is 73.1 Å². The number of para-hydroxylation sites is 1. The van der Waals surface area contributed by atoms with Gasteiger partial charge in [-0.05, 0) is 36.8 Å². The molecule has 0 radical (unpaired) electrons. The van der Waals surface area contributed by atoms with E-state index in [-0.39, 0.29) is 28.6 Å². The molecule has 3 amide bonds. The number of benzene rings is 2. The van der Waals surface area contributed by atoms with Crippen molar-refractivity contribution in [3.05, 3.63) is 76.2 Å². The SMILES string of the molecule is CNC(=O)c1nn(-c2ccccc2)c(NC(=O)N[C@H]2CN(CCOC)C[C@@H]2c2ccc(F)c(Cl)c2)c1C. The maximum Gasteiger partial charge on any atom is 0.320 e. The predicted molar refractivity (Wildman–Crippen MR) is 140 cm³/mol. The number of halogens is 2. The van der Waals surface area contributed by atoms with Gasteiger partial charge in [-0.2, -0.15) is 5.10 Å². The van der Waals surface area contributed by atoms with E-state index in [1.807, 2.05) is 30.3 Å². The van der Waals surface area contributed by atoms with Crippen LogP contribution in [0.2, 0.25) is 5.02 Å². The lowest BCUT2D eigenvalue weighted by Gasteiger charge is -2.21. The van der Waals surface area contributed by atoms with E-state index in [1.165, 1.54) is 17.8 Å². The Bertz CT molecular complexity index is 1270. The number of nitrogens with one attached hydrogen (secondary N) is 3. The molecule has 0 bridgehead atoms. The highest BCUT2D eigenvalue weighted by Crippen LogP contribution is 2.31. The number of amides is 3. The Balaban J connectivity index is 1.59. The lowest BCUT2D eigenvalue weighted by atomic mass is 9.94. The first-order valence-electron chi connectivity index (χ1n) is 11.9. The van der Waals surface area contributed by atoms with Gasteiger partial charge in [0.15, 0.2) is 5.69 Å². The summed E-state index contributed by atoms with van der Waals surface area (Å²) in [7, 11) is 3.17. The van der Waals surface area contributed by atoms with Crippen LogP contribution in [0, 0.1) is 12.7 Å². The monoisotopic (exact) mass is 528 g/mol.